The molecular weight excluding hydrogens is 460 g/mol. The molecule has 1 aliphatic heterocycles. The monoisotopic (exact) mass is 491 g/mol. The van der Waals surface area contributed by atoms with Crippen LogP contribution in [-0.4, -0.2) is 45.9 Å². The molecule has 9 heteroatoms. The lowest BCUT2D eigenvalue weighted by Gasteiger charge is -2.33. The van der Waals surface area contributed by atoms with Crippen molar-refractivity contribution < 1.29 is 24.6 Å². The third-order valence-corrected chi connectivity index (χ3v) is 5.95. The molecule has 0 saturated carbocycles. The largest absolute Gasteiger partial charge is 0.488 e. The summed E-state index contributed by atoms with van der Waals surface area (Å²) in [6, 6.07) is 14.6. The van der Waals surface area contributed by atoms with E-state index in [0.29, 0.717) is 42.3 Å². The number of benzene rings is 2. The van der Waals surface area contributed by atoms with Crippen molar-refractivity contribution in [3.05, 3.63) is 59.7 Å². The number of hydrogen-bond donors (Lipinski definition) is 2. The Morgan fingerprint density at radius 1 is 1.06 bits per heavy atom. The normalized spacial score (nSPS) is 17.0. The van der Waals surface area contributed by atoms with Gasteiger partial charge in [-0.3, -0.25) is 0 Å². The maximum atomic E-state index is 11.7. The number of amidine groups is 1. The second-order valence-corrected chi connectivity index (χ2v) is 9.86. The van der Waals surface area contributed by atoms with Crippen molar-refractivity contribution >= 4 is 23.2 Å². The molecule has 3 aromatic rings. The highest BCUT2D eigenvalue weighted by Gasteiger charge is 2.52. The van der Waals surface area contributed by atoms with Crippen molar-refractivity contribution in [1.82, 2.24) is 14.8 Å². The predicted molar refractivity (Wildman–Crippen MR) is 137 cm³/mol. The van der Waals surface area contributed by atoms with Gasteiger partial charge < -0.3 is 14.9 Å². The van der Waals surface area contributed by atoms with E-state index in [4.69, 9.17) is 14.6 Å². The highest BCUT2D eigenvalue weighted by atomic mass is 16.7. The molecule has 188 valence electrons. The first-order valence-electron chi connectivity index (χ1n) is 11.8. The average molecular weight is 492 g/mol. The Morgan fingerprint density at radius 3 is 2.36 bits per heavy atom. The fourth-order valence-corrected chi connectivity index (χ4v) is 4.49. The maximum Gasteiger partial charge on any atom is 0.336 e. The summed E-state index contributed by atoms with van der Waals surface area (Å²) in [5.41, 5.74) is 3.27. The molecule has 0 fully saturated rings. The first kappa shape index (κ1) is 25.3. The van der Waals surface area contributed by atoms with Crippen molar-refractivity contribution in [2.45, 2.75) is 40.7 Å². The zero-order chi connectivity index (χ0) is 26.1. The fraction of sp³-hybridized carbons (Fsp3) is 0.333. The Morgan fingerprint density at radius 2 is 1.75 bits per heavy atom. The number of aromatic nitrogens is 2. The lowest BCUT2D eigenvalue weighted by molar-refractivity contribution is -0.0927. The summed E-state index contributed by atoms with van der Waals surface area (Å²) in [6.45, 7) is 8.92. The smallest absolute Gasteiger partial charge is 0.336 e. The quantitative estimate of drug-likeness (QED) is 0.400. The second kappa shape index (κ2) is 9.67. The lowest BCUT2D eigenvalue weighted by atomic mass is 9.91. The van der Waals surface area contributed by atoms with Crippen molar-refractivity contribution in [2.75, 3.05) is 13.7 Å². The van der Waals surface area contributed by atoms with E-state index in [0.717, 1.165) is 11.1 Å². The fourth-order valence-electron chi connectivity index (χ4n) is 4.49. The molecule has 0 spiro atoms. The van der Waals surface area contributed by atoms with Crippen LogP contribution in [0.1, 0.15) is 50.0 Å². The van der Waals surface area contributed by atoms with Gasteiger partial charge in [0.1, 0.15) is 13.2 Å². The van der Waals surface area contributed by atoms with Gasteiger partial charge in [-0.15, -0.1) is 10.2 Å². The molecule has 0 aliphatic carbocycles. The van der Waals surface area contributed by atoms with Crippen LogP contribution in [0.4, 0.5) is 11.4 Å². The topological polar surface area (TPSA) is 114 Å². The summed E-state index contributed by atoms with van der Waals surface area (Å²) in [5, 5.41) is 28.3. The summed E-state index contributed by atoms with van der Waals surface area (Å²) >= 11 is 0. The lowest BCUT2D eigenvalue weighted by Crippen LogP contribution is -2.52. The van der Waals surface area contributed by atoms with Crippen LogP contribution in [0.15, 0.2) is 53.5 Å². The summed E-state index contributed by atoms with van der Waals surface area (Å²) in [6.07, 6.45) is 0.592. The minimum Gasteiger partial charge on any atom is -0.488 e. The number of fused-ring (bicyclic) bond motifs is 1. The number of aliphatic imine (C=N–C) groups is 1. The standard InChI is InChI=1S/C27H30N4O5/c1-6-36-31(16-17-11-13-18(14-12-17)19-9-7-8-10-20(19)26(33)34)21(15-27(2,3)4)28-22-23(31)24(32)29-30-25(22)35-5/h7-14H,6,15-16H2,1-5H3,(H-,29,32,33,34)/p+1. The van der Waals surface area contributed by atoms with Crippen LogP contribution in [-0.2, 0) is 11.4 Å². The third kappa shape index (κ3) is 4.67. The minimum absolute atomic E-state index is 0.115. The molecule has 0 bridgehead atoms. The first-order chi connectivity index (χ1) is 17.1. The Kier molecular flexibility index (Phi) is 6.79. The number of carboxylic acid groups (broad SMARTS) is 1. The number of rotatable bonds is 8. The summed E-state index contributed by atoms with van der Waals surface area (Å²) in [5.74, 6) is -0.311. The van der Waals surface area contributed by atoms with Crippen molar-refractivity contribution in [2.24, 2.45) is 10.4 Å². The van der Waals surface area contributed by atoms with Crippen LogP contribution in [0.3, 0.4) is 0 Å². The van der Waals surface area contributed by atoms with Crippen LogP contribution in [0.5, 0.6) is 11.8 Å². The van der Waals surface area contributed by atoms with E-state index in [9.17, 15) is 15.0 Å². The minimum atomic E-state index is -0.974. The van der Waals surface area contributed by atoms with Crippen molar-refractivity contribution in [3.63, 3.8) is 0 Å². The average Bonchev–Trinajstić information content (AvgIpc) is 3.12. The zero-order valence-electron chi connectivity index (χ0n) is 21.1. The molecule has 1 atom stereocenters. The van der Waals surface area contributed by atoms with Crippen LogP contribution >= 0.6 is 0 Å². The van der Waals surface area contributed by atoms with E-state index >= 15 is 0 Å². The maximum absolute atomic E-state index is 11.7. The van der Waals surface area contributed by atoms with Gasteiger partial charge in [0.15, 0.2) is 0 Å². The van der Waals surface area contributed by atoms with Crippen LogP contribution in [0, 0.1) is 5.41 Å². The molecule has 2 aromatic carbocycles. The number of carboxylic acids is 1. The van der Waals surface area contributed by atoms with Gasteiger partial charge in [0.25, 0.3) is 17.4 Å². The van der Waals surface area contributed by atoms with E-state index in [2.05, 4.69) is 31.0 Å². The molecule has 2 N–H and O–H groups in total. The Balaban J connectivity index is 1.80. The van der Waals surface area contributed by atoms with Crippen LogP contribution in [0.2, 0.25) is 0 Å². The Hall–Kier alpha value is -3.82. The SMILES string of the molecule is CCO[N+]1(Cc2ccc(-c3ccccc3C(=O)O)cc2)C(CC(C)(C)C)=Nc2c(OC)nnc(O)c21. The molecule has 4 rings (SSSR count). The number of hydroxylamine groups is 2. The van der Waals surface area contributed by atoms with Gasteiger partial charge in [0.05, 0.1) is 19.1 Å². The number of aromatic carboxylic acids is 1. The van der Waals surface area contributed by atoms with Crippen molar-refractivity contribution in [1.29, 1.82) is 0 Å². The molecule has 0 radical (unpaired) electrons. The summed E-state index contributed by atoms with van der Waals surface area (Å²) in [7, 11) is 1.49. The van der Waals surface area contributed by atoms with E-state index in [-0.39, 0.29) is 27.4 Å². The third-order valence-electron chi connectivity index (χ3n) is 5.95. The van der Waals surface area contributed by atoms with E-state index in [1.54, 1.807) is 18.2 Å². The van der Waals surface area contributed by atoms with Gasteiger partial charge >= 0.3 is 5.97 Å². The number of ether oxygens (including phenoxy) is 1. The second-order valence-electron chi connectivity index (χ2n) is 9.86. The molecule has 1 unspecified atom stereocenters. The van der Waals surface area contributed by atoms with E-state index in [1.165, 1.54) is 7.11 Å². The van der Waals surface area contributed by atoms with Crippen LogP contribution < -0.4 is 9.38 Å². The highest BCUT2D eigenvalue weighted by Crippen LogP contribution is 2.52. The Labute approximate surface area is 210 Å². The molecule has 2 heterocycles. The Bertz CT molecular complexity index is 1310. The molecule has 9 nitrogen and oxygen atoms in total. The number of carbonyl (C=O) groups is 1. The number of hydrogen-bond acceptors (Lipinski definition) is 7. The van der Waals surface area contributed by atoms with Gasteiger partial charge in [-0.1, -0.05) is 67.9 Å². The molecule has 1 aromatic heterocycles. The number of methoxy groups -OCH3 is 1. The highest BCUT2D eigenvalue weighted by molar-refractivity contribution is 6.03. The first-order valence-corrected chi connectivity index (χ1v) is 11.8. The van der Waals surface area contributed by atoms with E-state index in [1.807, 2.05) is 37.3 Å². The van der Waals surface area contributed by atoms with E-state index < -0.39 is 5.97 Å². The molecule has 0 amide bonds. The molecule has 0 saturated heterocycles. The molecule has 36 heavy (non-hydrogen) atoms. The van der Waals surface area contributed by atoms with Crippen molar-refractivity contribution in [3.8, 4) is 22.9 Å². The molecular formula is C27H31N4O5+. The number of aromatic hydroxyl groups is 1. The van der Waals surface area contributed by atoms with Gasteiger partial charge in [-0.25, -0.2) is 4.79 Å². The number of quaternary nitrogens is 1. The summed E-state index contributed by atoms with van der Waals surface area (Å²) in [4.78, 5) is 22.9. The van der Waals surface area contributed by atoms with Gasteiger partial charge in [0.2, 0.25) is 11.5 Å². The number of nitrogens with zero attached hydrogens (tertiary/aromatic N) is 4. The summed E-state index contributed by atoms with van der Waals surface area (Å²) < 4.78 is 5.24. The zero-order valence-corrected chi connectivity index (χ0v) is 21.1. The van der Waals surface area contributed by atoms with Gasteiger partial charge in [-0.2, -0.15) is 9.83 Å². The van der Waals surface area contributed by atoms with Gasteiger partial charge in [-0.05, 0) is 29.5 Å². The van der Waals surface area contributed by atoms with Gasteiger partial charge in [0, 0.05) is 5.56 Å². The predicted octanol–water partition coefficient (Wildman–Crippen LogP) is 5.49. The van der Waals surface area contributed by atoms with Crippen LogP contribution in [0.25, 0.3) is 11.1 Å². The molecule has 1 aliphatic rings.